The number of amides is 1. The van der Waals surface area contributed by atoms with Gasteiger partial charge in [0.15, 0.2) is 5.96 Å². The van der Waals surface area contributed by atoms with E-state index in [1.807, 2.05) is 26.1 Å². The number of carbonyl (C=O) groups excluding carboxylic acids is 1. The summed E-state index contributed by atoms with van der Waals surface area (Å²) in [6, 6.07) is 5.37. The number of guanidine groups is 1. The molecule has 1 aliphatic heterocycles. The van der Waals surface area contributed by atoms with Crippen LogP contribution in [0.25, 0.3) is 0 Å². The van der Waals surface area contributed by atoms with Gasteiger partial charge >= 0.3 is 0 Å². The summed E-state index contributed by atoms with van der Waals surface area (Å²) >= 11 is 3.27. The number of aliphatic imine (C=N–C) groups is 1. The van der Waals surface area contributed by atoms with E-state index in [1.165, 1.54) is 6.07 Å². The van der Waals surface area contributed by atoms with E-state index in [-0.39, 0.29) is 41.7 Å². The summed E-state index contributed by atoms with van der Waals surface area (Å²) in [6.07, 6.45) is 2.81. The first-order valence-electron chi connectivity index (χ1n) is 8.72. The van der Waals surface area contributed by atoms with E-state index in [0.717, 1.165) is 29.8 Å². The van der Waals surface area contributed by atoms with E-state index in [4.69, 9.17) is 0 Å². The molecule has 1 fully saturated rings. The minimum Gasteiger partial charge on any atom is -0.357 e. The lowest BCUT2D eigenvalue weighted by atomic mass is 10.1. The van der Waals surface area contributed by atoms with E-state index in [1.54, 1.807) is 4.90 Å². The van der Waals surface area contributed by atoms with Crippen molar-refractivity contribution in [3.63, 3.8) is 0 Å². The molecule has 146 valence electrons. The first-order chi connectivity index (χ1) is 12.0. The molecule has 1 atom stereocenters. The fraction of sp³-hybridized carbons (Fsp3) is 0.556. The molecule has 26 heavy (non-hydrogen) atoms. The highest BCUT2D eigenvalue weighted by Gasteiger charge is 2.23. The fourth-order valence-electron chi connectivity index (χ4n) is 2.83. The molecule has 1 aliphatic rings. The molecule has 2 rings (SSSR count). The Hall–Kier alpha value is -0.900. The number of hydrogen-bond acceptors (Lipinski definition) is 2. The van der Waals surface area contributed by atoms with E-state index in [0.29, 0.717) is 31.5 Å². The quantitative estimate of drug-likeness (QED) is 0.252. The highest BCUT2D eigenvalue weighted by atomic mass is 127. The van der Waals surface area contributed by atoms with Gasteiger partial charge in [-0.25, -0.2) is 4.39 Å². The molecule has 0 radical (unpaired) electrons. The molecule has 1 unspecified atom stereocenters. The Balaban J connectivity index is 0.00000338. The van der Waals surface area contributed by atoms with Gasteiger partial charge in [0.2, 0.25) is 5.91 Å². The van der Waals surface area contributed by atoms with Crippen LogP contribution in [0.4, 0.5) is 4.39 Å². The van der Waals surface area contributed by atoms with Crippen LogP contribution in [-0.2, 0) is 11.2 Å². The van der Waals surface area contributed by atoms with Gasteiger partial charge in [-0.2, -0.15) is 0 Å². The van der Waals surface area contributed by atoms with Crippen molar-refractivity contribution in [2.75, 3.05) is 26.7 Å². The van der Waals surface area contributed by atoms with Crippen molar-refractivity contribution in [3.8, 4) is 0 Å². The SMILES string of the molecule is CCNC(=NCCCc1ccc(Br)cc1F)NC1CCC(=O)N(C)C1.I. The molecule has 2 N–H and O–H groups in total. The Kier molecular flexibility index (Phi) is 10.4. The largest absolute Gasteiger partial charge is 0.357 e. The first kappa shape index (κ1) is 23.1. The minimum absolute atomic E-state index is 0. The Morgan fingerprint density at radius 1 is 1.46 bits per heavy atom. The summed E-state index contributed by atoms with van der Waals surface area (Å²) in [4.78, 5) is 17.9. The number of carbonyl (C=O) groups is 1. The fourth-order valence-corrected chi connectivity index (χ4v) is 3.16. The Morgan fingerprint density at radius 2 is 2.23 bits per heavy atom. The highest BCUT2D eigenvalue weighted by Crippen LogP contribution is 2.16. The van der Waals surface area contributed by atoms with Gasteiger partial charge in [0.1, 0.15) is 5.82 Å². The van der Waals surface area contributed by atoms with Crippen LogP contribution in [0.2, 0.25) is 0 Å². The van der Waals surface area contributed by atoms with Gasteiger partial charge < -0.3 is 15.5 Å². The molecule has 1 saturated heterocycles. The number of benzene rings is 1. The lowest BCUT2D eigenvalue weighted by Crippen LogP contribution is -2.51. The van der Waals surface area contributed by atoms with Gasteiger partial charge in [0.25, 0.3) is 0 Å². The number of likely N-dealkylation sites (tertiary alicyclic amines) is 1. The summed E-state index contributed by atoms with van der Waals surface area (Å²) in [5.74, 6) is 0.765. The van der Waals surface area contributed by atoms with Crippen LogP contribution in [0.1, 0.15) is 31.7 Å². The molecule has 1 amide bonds. The van der Waals surface area contributed by atoms with E-state index < -0.39 is 0 Å². The molecule has 0 aromatic heterocycles. The van der Waals surface area contributed by atoms with Crippen LogP contribution in [-0.4, -0.2) is 49.5 Å². The summed E-state index contributed by atoms with van der Waals surface area (Å²) < 4.78 is 14.6. The number of hydrogen-bond donors (Lipinski definition) is 2. The molecule has 0 aliphatic carbocycles. The number of halogens is 3. The third-order valence-corrected chi connectivity index (χ3v) is 4.69. The first-order valence-corrected chi connectivity index (χ1v) is 9.51. The maximum atomic E-state index is 13.8. The maximum Gasteiger partial charge on any atom is 0.222 e. The number of aryl methyl sites for hydroxylation is 1. The molecular weight excluding hydrogens is 514 g/mol. The van der Waals surface area contributed by atoms with Crippen molar-refractivity contribution in [2.24, 2.45) is 4.99 Å². The summed E-state index contributed by atoms with van der Waals surface area (Å²) in [5, 5.41) is 6.62. The molecule has 5 nitrogen and oxygen atoms in total. The second-order valence-electron chi connectivity index (χ2n) is 6.25. The van der Waals surface area contributed by atoms with Gasteiger partial charge in [-0.15, -0.1) is 24.0 Å². The molecular formula is C18H27BrFIN4O. The van der Waals surface area contributed by atoms with Gasteiger partial charge in [0.05, 0.1) is 0 Å². The van der Waals surface area contributed by atoms with Crippen LogP contribution in [0.15, 0.2) is 27.7 Å². The monoisotopic (exact) mass is 540 g/mol. The second-order valence-corrected chi connectivity index (χ2v) is 7.17. The zero-order valence-corrected chi connectivity index (χ0v) is 19.1. The Labute approximate surface area is 180 Å². The van der Waals surface area contributed by atoms with Crippen LogP contribution in [0.5, 0.6) is 0 Å². The lowest BCUT2D eigenvalue weighted by molar-refractivity contribution is -0.132. The van der Waals surface area contributed by atoms with Gasteiger partial charge in [-0.05, 0) is 43.9 Å². The summed E-state index contributed by atoms with van der Waals surface area (Å²) in [6.45, 7) is 4.10. The van der Waals surface area contributed by atoms with E-state index in [2.05, 4.69) is 31.6 Å². The van der Waals surface area contributed by atoms with Crippen molar-refractivity contribution in [1.29, 1.82) is 0 Å². The molecule has 0 saturated carbocycles. The zero-order valence-electron chi connectivity index (χ0n) is 15.2. The van der Waals surface area contributed by atoms with Crippen molar-refractivity contribution in [2.45, 2.75) is 38.6 Å². The lowest BCUT2D eigenvalue weighted by Gasteiger charge is -2.31. The highest BCUT2D eigenvalue weighted by molar-refractivity contribution is 14.0. The van der Waals surface area contributed by atoms with Crippen LogP contribution < -0.4 is 10.6 Å². The summed E-state index contributed by atoms with van der Waals surface area (Å²) in [5.41, 5.74) is 0.712. The van der Waals surface area contributed by atoms with Gasteiger partial charge in [0, 0.05) is 43.6 Å². The molecule has 0 bridgehead atoms. The maximum absolute atomic E-state index is 13.8. The summed E-state index contributed by atoms with van der Waals surface area (Å²) in [7, 11) is 1.83. The van der Waals surface area contributed by atoms with Crippen molar-refractivity contribution in [1.82, 2.24) is 15.5 Å². The molecule has 0 spiro atoms. The zero-order chi connectivity index (χ0) is 18.2. The van der Waals surface area contributed by atoms with Gasteiger partial charge in [-0.1, -0.05) is 22.0 Å². The predicted molar refractivity (Wildman–Crippen MR) is 118 cm³/mol. The number of rotatable bonds is 6. The van der Waals surface area contributed by atoms with Crippen molar-refractivity contribution in [3.05, 3.63) is 34.1 Å². The third kappa shape index (κ3) is 7.38. The van der Waals surface area contributed by atoms with Crippen molar-refractivity contribution < 1.29 is 9.18 Å². The Morgan fingerprint density at radius 3 is 2.88 bits per heavy atom. The van der Waals surface area contributed by atoms with Gasteiger partial charge in [-0.3, -0.25) is 9.79 Å². The molecule has 8 heteroatoms. The molecule has 1 aromatic carbocycles. The van der Waals surface area contributed by atoms with Crippen LogP contribution in [0.3, 0.4) is 0 Å². The standard InChI is InChI=1S/C18H26BrFN4O.HI/c1-3-21-18(23-15-8-9-17(25)24(2)12-15)22-10-4-5-13-6-7-14(19)11-16(13)20;/h6-7,11,15H,3-5,8-10,12H2,1-2H3,(H2,21,22,23);1H. The minimum atomic E-state index is -0.182. The number of nitrogens with zero attached hydrogens (tertiary/aromatic N) is 2. The third-order valence-electron chi connectivity index (χ3n) is 4.20. The number of likely N-dealkylation sites (N-methyl/N-ethyl adjacent to an activating group) is 1. The Bertz CT molecular complexity index is 629. The van der Waals surface area contributed by atoms with Crippen LogP contribution >= 0.6 is 39.9 Å². The number of piperidine rings is 1. The van der Waals surface area contributed by atoms with Crippen molar-refractivity contribution >= 4 is 51.8 Å². The number of nitrogens with one attached hydrogen (secondary N) is 2. The average Bonchev–Trinajstić information content (AvgIpc) is 2.56. The second kappa shape index (κ2) is 11.7. The predicted octanol–water partition coefficient (Wildman–Crippen LogP) is 3.31. The smallest absolute Gasteiger partial charge is 0.222 e. The molecule has 1 heterocycles. The molecule has 1 aromatic rings. The topological polar surface area (TPSA) is 56.7 Å². The van der Waals surface area contributed by atoms with Crippen LogP contribution in [0, 0.1) is 5.82 Å². The average molecular weight is 541 g/mol. The van der Waals surface area contributed by atoms with E-state index in [9.17, 15) is 9.18 Å². The normalized spacial score (nSPS) is 17.7. The van der Waals surface area contributed by atoms with E-state index >= 15 is 0 Å².